The molecule has 2 unspecified atom stereocenters. The van der Waals surface area contributed by atoms with Crippen molar-refractivity contribution in [2.75, 3.05) is 24.5 Å². The van der Waals surface area contributed by atoms with Crippen LogP contribution >= 0.6 is 11.6 Å². The van der Waals surface area contributed by atoms with Crippen LogP contribution in [0.25, 0.3) is 0 Å². The number of aromatic nitrogens is 1. The molecule has 3 nitrogen and oxygen atoms in total. The van der Waals surface area contributed by atoms with Gasteiger partial charge in [-0.05, 0) is 25.0 Å². The Morgan fingerprint density at radius 2 is 1.85 bits per heavy atom. The largest absolute Gasteiger partial charge is 0.401 e. The van der Waals surface area contributed by atoms with Gasteiger partial charge < -0.3 is 4.90 Å². The minimum Gasteiger partial charge on any atom is -0.353 e. The van der Waals surface area contributed by atoms with Crippen LogP contribution < -0.4 is 4.90 Å². The van der Waals surface area contributed by atoms with Crippen LogP contribution in [-0.4, -0.2) is 47.8 Å². The van der Waals surface area contributed by atoms with Gasteiger partial charge in [0.1, 0.15) is 11.0 Å². The highest BCUT2D eigenvalue weighted by atomic mass is 35.5. The van der Waals surface area contributed by atoms with E-state index in [0.717, 1.165) is 18.7 Å². The van der Waals surface area contributed by atoms with Gasteiger partial charge >= 0.3 is 6.18 Å². The van der Waals surface area contributed by atoms with E-state index in [1.807, 2.05) is 17.0 Å². The Morgan fingerprint density at radius 1 is 1.20 bits per heavy atom. The van der Waals surface area contributed by atoms with E-state index in [1.54, 1.807) is 11.0 Å². The summed E-state index contributed by atoms with van der Waals surface area (Å²) < 4.78 is 37.8. The fraction of sp³-hybridized carbons (Fsp3) is 0.615. The van der Waals surface area contributed by atoms with Crippen molar-refractivity contribution in [1.29, 1.82) is 0 Å². The monoisotopic (exact) mass is 305 g/mol. The highest BCUT2D eigenvalue weighted by molar-refractivity contribution is 6.29. The molecule has 0 aliphatic carbocycles. The summed E-state index contributed by atoms with van der Waals surface area (Å²) in [6.45, 7) is 0.360. The third-order valence-corrected chi connectivity index (χ3v) is 4.23. The smallest absolute Gasteiger partial charge is 0.353 e. The average Bonchev–Trinajstić information content (AvgIpc) is 2.60. The summed E-state index contributed by atoms with van der Waals surface area (Å²) in [6, 6.07) is 5.27. The van der Waals surface area contributed by atoms with Crippen LogP contribution in [0.2, 0.25) is 5.15 Å². The van der Waals surface area contributed by atoms with Crippen molar-refractivity contribution in [1.82, 2.24) is 9.88 Å². The standard InChI is InChI=1S/C13H15ClF3N3/c14-11-2-1-3-12(18-11)19-6-9-4-5-10(7-19)20(9)8-13(15,16)17/h1-3,9-10H,4-8H2. The quantitative estimate of drug-likeness (QED) is 0.783. The summed E-state index contributed by atoms with van der Waals surface area (Å²) in [7, 11) is 0. The molecule has 0 saturated carbocycles. The highest BCUT2D eigenvalue weighted by Crippen LogP contribution is 2.34. The van der Waals surface area contributed by atoms with E-state index < -0.39 is 12.7 Å². The molecule has 3 heterocycles. The van der Waals surface area contributed by atoms with E-state index in [9.17, 15) is 13.2 Å². The van der Waals surface area contributed by atoms with Crippen LogP contribution in [-0.2, 0) is 0 Å². The minimum absolute atomic E-state index is 0.0452. The lowest BCUT2D eigenvalue weighted by Gasteiger charge is -2.41. The molecule has 2 aliphatic rings. The molecular weight excluding hydrogens is 291 g/mol. The number of piperazine rings is 1. The molecule has 0 aromatic carbocycles. The lowest BCUT2D eigenvalue weighted by atomic mass is 10.2. The van der Waals surface area contributed by atoms with Crippen molar-refractivity contribution in [3.63, 3.8) is 0 Å². The second-order valence-corrected chi connectivity index (χ2v) is 5.78. The zero-order valence-corrected chi connectivity index (χ0v) is 11.5. The van der Waals surface area contributed by atoms with Gasteiger partial charge in [0, 0.05) is 25.2 Å². The van der Waals surface area contributed by atoms with Crippen LogP contribution in [0.15, 0.2) is 18.2 Å². The number of hydrogen-bond donors (Lipinski definition) is 0. The zero-order chi connectivity index (χ0) is 14.3. The first kappa shape index (κ1) is 13.9. The molecule has 110 valence electrons. The van der Waals surface area contributed by atoms with E-state index in [4.69, 9.17) is 11.6 Å². The Hall–Kier alpha value is -1.01. The molecule has 7 heteroatoms. The van der Waals surface area contributed by atoms with Crippen molar-refractivity contribution in [2.45, 2.75) is 31.1 Å². The van der Waals surface area contributed by atoms with E-state index in [-0.39, 0.29) is 12.1 Å². The Balaban J connectivity index is 1.73. The number of anilines is 1. The number of halogens is 4. The van der Waals surface area contributed by atoms with Crippen LogP contribution in [0.3, 0.4) is 0 Å². The van der Waals surface area contributed by atoms with Crippen molar-refractivity contribution in [3.8, 4) is 0 Å². The Kier molecular flexibility index (Phi) is 3.54. The Labute approximate surface area is 120 Å². The lowest BCUT2D eigenvalue weighted by Crippen LogP contribution is -2.56. The normalized spacial score (nSPS) is 27.1. The summed E-state index contributed by atoms with van der Waals surface area (Å²) in [5.74, 6) is 0.751. The van der Waals surface area contributed by atoms with Crippen LogP contribution in [0, 0.1) is 0 Å². The van der Waals surface area contributed by atoms with Gasteiger partial charge in [-0.3, -0.25) is 4.90 Å². The molecule has 0 N–H and O–H groups in total. The zero-order valence-electron chi connectivity index (χ0n) is 10.8. The van der Waals surface area contributed by atoms with E-state index in [1.165, 1.54) is 0 Å². The maximum atomic E-state index is 12.6. The number of pyridine rings is 1. The molecule has 2 bridgehead atoms. The summed E-state index contributed by atoms with van der Waals surface area (Å²) in [5.41, 5.74) is 0. The number of hydrogen-bond acceptors (Lipinski definition) is 3. The Morgan fingerprint density at radius 3 is 2.40 bits per heavy atom. The molecule has 1 aromatic rings. The molecule has 2 atom stereocenters. The highest BCUT2D eigenvalue weighted by Gasteiger charge is 2.45. The van der Waals surface area contributed by atoms with Gasteiger partial charge in [-0.25, -0.2) is 4.98 Å². The number of alkyl halides is 3. The summed E-state index contributed by atoms with van der Waals surface area (Å²) in [6.07, 6.45) is -2.49. The third-order valence-electron chi connectivity index (χ3n) is 4.02. The van der Waals surface area contributed by atoms with Gasteiger partial charge in [0.05, 0.1) is 6.54 Å². The first-order valence-electron chi connectivity index (χ1n) is 6.62. The van der Waals surface area contributed by atoms with E-state index in [2.05, 4.69) is 4.98 Å². The summed E-state index contributed by atoms with van der Waals surface area (Å²) in [4.78, 5) is 7.88. The first-order valence-corrected chi connectivity index (χ1v) is 7.00. The van der Waals surface area contributed by atoms with Crippen LogP contribution in [0.5, 0.6) is 0 Å². The fourth-order valence-electron chi connectivity index (χ4n) is 3.22. The SMILES string of the molecule is FC(F)(F)CN1C2CCC1CN(c1cccc(Cl)n1)C2. The second kappa shape index (κ2) is 5.07. The topological polar surface area (TPSA) is 19.4 Å². The lowest BCUT2D eigenvalue weighted by molar-refractivity contribution is -0.153. The number of fused-ring (bicyclic) bond motifs is 2. The molecule has 0 spiro atoms. The molecule has 20 heavy (non-hydrogen) atoms. The van der Waals surface area contributed by atoms with Crippen LogP contribution in [0.4, 0.5) is 19.0 Å². The molecule has 1 aromatic heterocycles. The molecule has 0 amide bonds. The molecular formula is C13H15ClF3N3. The Bertz CT molecular complexity index is 480. The molecule has 0 radical (unpaired) electrons. The number of nitrogens with zero attached hydrogens (tertiary/aromatic N) is 3. The molecule has 3 rings (SSSR count). The molecule has 2 aliphatic heterocycles. The maximum absolute atomic E-state index is 12.6. The second-order valence-electron chi connectivity index (χ2n) is 5.40. The van der Waals surface area contributed by atoms with Gasteiger partial charge in [0.15, 0.2) is 0 Å². The van der Waals surface area contributed by atoms with Crippen molar-refractivity contribution in [3.05, 3.63) is 23.4 Å². The van der Waals surface area contributed by atoms with Gasteiger partial charge in [-0.15, -0.1) is 0 Å². The number of rotatable bonds is 2. The van der Waals surface area contributed by atoms with Crippen molar-refractivity contribution >= 4 is 17.4 Å². The fourth-order valence-corrected chi connectivity index (χ4v) is 3.38. The van der Waals surface area contributed by atoms with E-state index in [0.29, 0.717) is 18.2 Å². The third kappa shape index (κ3) is 2.86. The maximum Gasteiger partial charge on any atom is 0.401 e. The predicted molar refractivity (Wildman–Crippen MR) is 71.0 cm³/mol. The van der Waals surface area contributed by atoms with Crippen LogP contribution in [0.1, 0.15) is 12.8 Å². The van der Waals surface area contributed by atoms with Crippen molar-refractivity contribution < 1.29 is 13.2 Å². The van der Waals surface area contributed by atoms with E-state index >= 15 is 0 Å². The first-order chi connectivity index (χ1) is 9.42. The summed E-state index contributed by atoms with van der Waals surface area (Å²) >= 11 is 5.87. The van der Waals surface area contributed by atoms with Crippen molar-refractivity contribution in [2.24, 2.45) is 0 Å². The average molecular weight is 306 g/mol. The predicted octanol–water partition coefficient (Wildman–Crippen LogP) is 2.95. The summed E-state index contributed by atoms with van der Waals surface area (Å²) in [5, 5.41) is 0.410. The molecule has 2 fully saturated rings. The van der Waals surface area contributed by atoms with Gasteiger partial charge in [0.2, 0.25) is 0 Å². The minimum atomic E-state index is -4.13. The van der Waals surface area contributed by atoms with Gasteiger partial charge in [0.25, 0.3) is 0 Å². The van der Waals surface area contributed by atoms with Gasteiger partial charge in [-0.2, -0.15) is 13.2 Å². The molecule has 2 saturated heterocycles. The van der Waals surface area contributed by atoms with Gasteiger partial charge in [-0.1, -0.05) is 17.7 Å².